The van der Waals surface area contributed by atoms with Gasteiger partial charge in [-0.25, -0.2) is 0 Å². The van der Waals surface area contributed by atoms with Gasteiger partial charge in [0.15, 0.2) is 0 Å². The summed E-state index contributed by atoms with van der Waals surface area (Å²) in [4.78, 5) is 31.6. The Kier molecular flexibility index (Phi) is 6.07. The van der Waals surface area contributed by atoms with Gasteiger partial charge in [-0.15, -0.1) is 0 Å². The molecular formula is C27H27N3O3. The number of pyridine rings is 1. The number of amides is 2. The van der Waals surface area contributed by atoms with Crippen molar-refractivity contribution in [3.63, 3.8) is 0 Å². The van der Waals surface area contributed by atoms with E-state index in [4.69, 9.17) is 4.74 Å². The molecule has 2 aliphatic rings. The SMILES string of the molecule is O=C1NCCN(C(=O)c2cccnc2)CCOc2ccc(C3CC3)cc2Cc2cccc1c2. The van der Waals surface area contributed by atoms with Gasteiger partial charge in [-0.1, -0.05) is 24.3 Å². The molecule has 33 heavy (non-hydrogen) atoms. The highest BCUT2D eigenvalue weighted by atomic mass is 16.5. The van der Waals surface area contributed by atoms with Gasteiger partial charge in [-0.2, -0.15) is 0 Å². The van der Waals surface area contributed by atoms with E-state index in [1.807, 2.05) is 24.3 Å². The van der Waals surface area contributed by atoms with E-state index < -0.39 is 0 Å². The normalized spacial score (nSPS) is 16.7. The van der Waals surface area contributed by atoms with E-state index in [9.17, 15) is 9.59 Å². The molecule has 1 saturated carbocycles. The zero-order chi connectivity index (χ0) is 22.6. The molecule has 0 unspecified atom stereocenters. The summed E-state index contributed by atoms with van der Waals surface area (Å²) in [5.74, 6) is 1.22. The van der Waals surface area contributed by atoms with Gasteiger partial charge in [-0.05, 0) is 65.8 Å². The van der Waals surface area contributed by atoms with Gasteiger partial charge in [0.2, 0.25) is 0 Å². The van der Waals surface area contributed by atoms with Crippen molar-refractivity contribution >= 4 is 11.8 Å². The Labute approximate surface area is 193 Å². The van der Waals surface area contributed by atoms with Crippen LogP contribution < -0.4 is 10.1 Å². The molecule has 1 aromatic heterocycles. The van der Waals surface area contributed by atoms with Crippen LogP contribution in [0.3, 0.4) is 0 Å². The van der Waals surface area contributed by atoms with Crippen molar-refractivity contribution in [3.8, 4) is 5.75 Å². The first-order chi connectivity index (χ1) is 16.2. The predicted octanol–water partition coefficient (Wildman–Crippen LogP) is 3.81. The number of carbonyl (C=O) groups excluding carboxylic acids is 2. The molecule has 2 bridgehead atoms. The van der Waals surface area contributed by atoms with E-state index >= 15 is 0 Å². The number of hydrogen-bond acceptors (Lipinski definition) is 4. The Hall–Kier alpha value is -3.67. The molecule has 2 aromatic carbocycles. The number of aromatic nitrogens is 1. The molecule has 6 heteroatoms. The highest BCUT2D eigenvalue weighted by Crippen LogP contribution is 2.41. The van der Waals surface area contributed by atoms with E-state index in [0.29, 0.717) is 49.7 Å². The van der Waals surface area contributed by atoms with E-state index in [0.717, 1.165) is 16.9 Å². The molecule has 168 valence electrons. The minimum absolute atomic E-state index is 0.126. The van der Waals surface area contributed by atoms with E-state index in [2.05, 4.69) is 28.5 Å². The van der Waals surface area contributed by atoms with Crippen LogP contribution in [0.4, 0.5) is 0 Å². The Morgan fingerprint density at radius 2 is 1.97 bits per heavy atom. The maximum atomic E-state index is 13.1. The van der Waals surface area contributed by atoms with Crippen LogP contribution in [-0.2, 0) is 6.42 Å². The molecule has 5 rings (SSSR count). The van der Waals surface area contributed by atoms with E-state index in [1.54, 1.807) is 29.4 Å². The minimum Gasteiger partial charge on any atom is -0.491 e. The third kappa shape index (κ3) is 5.06. The molecule has 1 aliphatic carbocycles. The fourth-order valence-corrected chi connectivity index (χ4v) is 4.25. The fourth-order valence-electron chi connectivity index (χ4n) is 4.25. The van der Waals surface area contributed by atoms with Gasteiger partial charge in [0, 0.05) is 37.5 Å². The third-order valence-electron chi connectivity index (χ3n) is 6.20. The molecule has 1 fully saturated rings. The lowest BCUT2D eigenvalue weighted by Gasteiger charge is -2.24. The average molecular weight is 442 g/mol. The largest absolute Gasteiger partial charge is 0.491 e. The van der Waals surface area contributed by atoms with Crippen molar-refractivity contribution in [1.82, 2.24) is 15.2 Å². The van der Waals surface area contributed by atoms with Crippen molar-refractivity contribution in [2.24, 2.45) is 0 Å². The number of rotatable bonds is 2. The molecule has 0 radical (unpaired) electrons. The van der Waals surface area contributed by atoms with Crippen LogP contribution in [0.1, 0.15) is 56.2 Å². The number of benzene rings is 2. The van der Waals surface area contributed by atoms with Gasteiger partial charge < -0.3 is 15.0 Å². The molecule has 1 aliphatic heterocycles. The quantitative estimate of drug-likeness (QED) is 0.656. The number of fused-ring (bicyclic) bond motifs is 3. The zero-order valence-corrected chi connectivity index (χ0v) is 18.5. The molecule has 2 amide bonds. The number of ether oxygens (including phenoxy) is 1. The second kappa shape index (κ2) is 9.45. The average Bonchev–Trinajstić information content (AvgIpc) is 3.69. The van der Waals surface area contributed by atoms with Gasteiger partial charge in [0.05, 0.1) is 12.1 Å². The maximum Gasteiger partial charge on any atom is 0.255 e. The summed E-state index contributed by atoms with van der Waals surface area (Å²) in [5.41, 5.74) is 4.67. The molecule has 2 heterocycles. The summed E-state index contributed by atoms with van der Waals surface area (Å²) in [6.07, 6.45) is 6.37. The molecule has 3 aromatic rings. The molecule has 0 saturated heterocycles. The van der Waals surface area contributed by atoms with Gasteiger partial charge in [-0.3, -0.25) is 14.6 Å². The Balaban J connectivity index is 1.44. The molecule has 0 atom stereocenters. The smallest absolute Gasteiger partial charge is 0.255 e. The highest BCUT2D eigenvalue weighted by molar-refractivity contribution is 5.95. The second-order valence-corrected chi connectivity index (χ2v) is 8.66. The second-order valence-electron chi connectivity index (χ2n) is 8.66. The maximum absolute atomic E-state index is 13.1. The highest BCUT2D eigenvalue weighted by Gasteiger charge is 2.24. The van der Waals surface area contributed by atoms with E-state index in [-0.39, 0.29) is 11.8 Å². The van der Waals surface area contributed by atoms with Gasteiger partial charge >= 0.3 is 0 Å². The summed E-state index contributed by atoms with van der Waals surface area (Å²) in [5, 5.41) is 2.94. The van der Waals surface area contributed by atoms with Crippen LogP contribution >= 0.6 is 0 Å². The summed E-state index contributed by atoms with van der Waals surface area (Å²) >= 11 is 0. The van der Waals surface area contributed by atoms with Crippen molar-refractivity contribution in [2.45, 2.75) is 25.2 Å². The lowest BCUT2D eigenvalue weighted by atomic mass is 9.98. The number of hydrogen-bond donors (Lipinski definition) is 1. The van der Waals surface area contributed by atoms with Crippen molar-refractivity contribution in [1.29, 1.82) is 0 Å². The lowest BCUT2D eigenvalue weighted by Crippen LogP contribution is -2.40. The third-order valence-corrected chi connectivity index (χ3v) is 6.20. The zero-order valence-electron chi connectivity index (χ0n) is 18.5. The Bertz CT molecular complexity index is 1160. The first kappa shape index (κ1) is 21.2. The lowest BCUT2D eigenvalue weighted by molar-refractivity contribution is 0.0723. The first-order valence-electron chi connectivity index (χ1n) is 11.5. The van der Waals surface area contributed by atoms with Crippen LogP contribution in [0.5, 0.6) is 5.75 Å². The topological polar surface area (TPSA) is 71.5 Å². The fraction of sp³-hybridized carbons (Fsp3) is 0.296. The van der Waals surface area contributed by atoms with Crippen LogP contribution in [0.2, 0.25) is 0 Å². The molecule has 0 spiro atoms. The Morgan fingerprint density at radius 3 is 2.79 bits per heavy atom. The summed E-state index contributed by atoms with van der Waals surface area (Å²) < 4.78 is 6.20. The molecule has 1 N–H and O–H groups in total. The summed E-state index contributed by atoms with van der Waals surface area (Å²) in [6.45, 7) is 1.53. The summed E-state index contributed by atoms with van der Waals surface area (Å²) in [6, 6.07) is 17.7. The van der Waals surface area contributed by atoms with Crippen LogP contribution in [0, 0.1) is 0 Å². The molecule has 6 nitrogen and oxygen atoms in total. The summed E-state index contributed by atoms with van der Waals surface area (Å²) in [7, 11) is 0. The number of nitrogens with one attached hydrogen (secondary N) is 1. The van der Waals surface area contributed by atoms with Crippen molar-refractivity contribution in [3.05, 3.63) is 94.8 Å². The van der Waals surface area contributed by atoms with Gasteiger partial charge in [0.1, 0.15) is 12.4 Å². The van der Waals surface area contributed by atoms with Crippen LogP contribution in [0.25, 0.3) is 0 Å². The standard InChI is InChI=1S/C27H27N3O3/c31-26-22-4-1-3-19(15-22)16-24-17-21(20-6-7-20)8-9-25(24)33-14-13-30(12-11-29-26)27(32)23-5-2-10-28-18-23/h1-5,8-10,15,17-18,20H,6-7,11-14,16H2,(H,29,31). The van der Waals surface area contributed by atoms with E-state index in [1.165, 1.54) is 18.4 Å². The van der Waals surface area contributed by atoms with Crippen molar-refractivity contribution < 1.29 is 14.3 Å². The van der Waals surface area contributed by atoms with Gasteiger partial charge in [0.25, 0.3) is 11.8 Å². The predicted molar refractivity (Wildman–Crippen MR) is 126 cm³/mol. The van der Waals surface area contributed by atoms with Crippen molar-refractivity contribution in [2.75, 3.05) is 26.2 Å². The number of nitrogens with zero attached hydrogens (tertiary/aromatic N) is 2. The molecular weight excluding hydrogens is 414 g/mol. The van der Waals surface area contributed by atoms with Crippen LogP contribution in [-0.4, -0.2) is 47.9 Å². The number of carbonyl (C=O) groups is 2. The first-order valence-corrected chi connectivity index (χ1v) is 11.5. The minimum atomic E-state index is -0.133. The Morgan fingerprint density at radius 1 is 1.06 bits per heavy atom. The monoisotopic (exact) mass is 441 g/mol. The van der Waals surface area contributed by atoms with Crippen LogP contribution in [0.15, 0.2) is 67.0 Å².